The molecule has 0 spiro atoms. The van der Waals surface area contributed by atoms with E-state index in [9.17, 15) is 14.0 Å². The molecule has 1 aliphatic rings. The molecule has 1 aromatic heterocycles. The van der Waals surface area contributed by atoms with Crippen LogP contribution in [0, 0.1) is 5.82 Å². The Morgan fingerprint density at radius 3 is 2.74 bits per heavy atom. The van der Waals surface area contributed by atoms with E-state index in [0.29, 0.717) is 22.5 Å². The van der Waals surface area contributed by atoms with E-state index in [2.05, 4.69) is 26.1 Å². The van der Waals surface area contributed by atoms with Crippen molar-refractivity contribution in [1.29, 1.82) is 0 Å². The third-order valence-electron chi connectivity index (χ3n) is 4.42. The molecule has 1 aliphatic heterocycles. The van der Waals surface area contributed by atoms with Gasteiger partial charge in [0.25, 0.3) is 5.91 Å². The molecule has 0 unspecified atom stereocenters. The standard InChI is InChI=1S/C19H16FN5O2/c1-10-16(17(24-19(27)22-10)11-2-4-13(20)5-3-11)18(26)23-14-6-7-15-12(8-14)9-21-25-15/h2-9,17H,1H3,(H,21,25)(H,23,26)(H2,22,24,27)/t17-/m0/s1. The molecule has 2 aromatic carbocycles. The van der Waals surface area contributed by atoms with Gasteiger partial charge in [-0.25, -0.2) is 9.18 Å². The van der Waals surface area contributed by atoms with Crippen LogP contribution in [0.5, 0.6) is 0 Å². The molecule has 0 aliphatic carbocycles. The summed E-state index contributed by atoms with van der Waals surface area (Å²) in [5.74, 6) is -0.753. The van der Waals surface area contributed by atoms with Crippen molar-refractivity contribution in [1.82, 2.24) is 20.8 Å². The Morgan fingerprint density at radius 1 is 1.19 bits per heavy atom. The van der Waals surface area contributed by atoms with Crippen LogP contribution in [0.3, 0.4) is 0 Å². The zero-order valence-corrected chi connectivity index (χ0v) is 14.3. The number of carbonyl (C=O) groups excluding carboxylic acids is 2. The van der Waals surface area contributed by atoms with Crippen molar-refractivity contribution in [2.45, 2.75) is 13.0 Å². The van der Waals surface area contributed by atoms with Crippen molar-refractivity contribution in [3.05, 3.63) is 71.3 Å². The van der Waals surface area contributed by atoms with Gasteiger partial charge in [-0.05, 0) is 42.8 Å². The molecule has 2 heterocycles. The van der Waals surface area contributed by atoms with Gasteiger partial charge in [0, 0.05) is 16.8 Å². The molecule has 0 fully saturated rings. The van der Waals surface area contributed by atoms with E-state index in [4.69, 9.17) is 0 Å². The topological polar surface area (TPSA) is 98.9 Å². The Kier molecular flexibility index (Phi) is 4.08. The normalized spacial score (nSPS) is 16.8. The van der Waals surface area contributed by atoms with Crippen LogP contribution in [-0.2, 0) is 4.79 Å². The predicted octanol–water partition coefficient (Wildman–Crippen LogP) is 2.97. The molecule has 0 saturated carbocycles. The number of hydrogen-bond donors (Lipinski definition) is 4. The maximum atomic E-state index is 13.3. The van der Waals surface area contributed by atoms with Gasteiger partial charge in [-0.1, -0.05) is 12.1 Å². The van der Waals surface area contributed by atoms with Crippen LogP contribution in [-0.4, -0.2) is 22.1 Å². The molecule has 0 radical (unpaired) electrons. The molecule has 27 heavy (non-hydrogen) atoms. The van der Waals surface area contributed by atoms with Gasteiger partial charge in [0.05, 0.1) is 23.3 Å². The highest BCUT2D eigenvalue weighted by Crippen LogP contribution is 2.28. The van der Waals surface area contributed by atoms with Crippen LogP contribution < -0.4 is 16.0 Å². The first kappa shape index (κ1) is 16.8. The van der Waals surface area contributed by atoms with Crippen LogP contribution >= 0.6 is 0 Å². The minimum atomic E-state index is -0.683. The lowest BCUT2D eigenvalue weighted by molar-refractivity contribution is -0.113. The lowest BCUT2D eigenvalue weighted by Gasteiger charge is -2.28. The van der Waals surface area contributed by atoms with Gasteiger partial charge < -0.3 is 16.0 Å². The molecule has 1 atom stereocenters. The predicted molar refractivity (Wildman–Crippen MR) is 98.2 cm³/mol. The number of anilines is 1. The van der Waals surface area contributed by atoms with Crippen molar-refractivity contribution in [2.24, 2.45) is 0 Å². The number of nitrogens with zero attached hydrogens (tertiary/aromatic N) is 1. The maximum Gasteiger partial charge on any atom is 0.319 e. The first-order chi connectivity index (χ1) is 13.0. The molecule has 0 saturated heterocycles. The molecule has 8 heteroatoms. The molecule has 7 nitrogen and oxygen atoms in total. The van der Waals surface area contributed by atoms with Gasteiger partial charge in [0.15, 0.2) is 0 Å². The van der Waals surface area contributed by atoms with Gasteiger partial charge in [0.2, 0.25) is 0 Å². The number of aromatic amines is 1. The Hall–Kier alpha value is -3.68. The SMILES string of the molecule is CC1=C(C(=O)Nc2ccc3[nH]ncc3c2)[C@H](c2ccc(F)cc2)NC(=O)N1. The van der Waals surface area contributed by atoms with Crippen molar-refractivity contribution >= 4 is 28.5 Å². The largest absolute Gasteiger partial charge is 0.327 e. The summed E-state index contributed by atoms with van der Waals surface area (Å²) >= 11 is 0. The Labute approximate surface area is 153 Å². The summed E-state index contributed by atoms with van der Waals surface area (Å²) in [6.07, 6.45) is 1.67. The summed E-state index contributed by atoms with van der Waals surface area (Å²) in [5.41, 5.74) is 2.87. The summed E-state index contributed by atoms with van der Waals surface area (Å²) in [5, 5.41) is 15.8. The number of hydrogen-bond acceptors (Lipinski definition) is 3. The number of halogens is 1. The highest BCUT2D eigenvalue weighted by molar-refractivity contribution is 6.07. The van der Waals surface area contributed by atoms with Crippen LogP contribution in [0.2, 0.25) is 0 Å². The number of nitrogens with one attached hydrogen (secondary N) is 4. The molecule has 4 rings (SSSR count). The Morgan fingerprint density at radius 2 is 1.96 bits per heavy atom. The van der Waals surface area contributed by atoms with E-state index in [1.807, 2.05) is 6.07 Å². The molecule has 4 N–H and O–H groups in total. The van der Waals surface area contributed by atoms with E-state index in [-0.39, 0.29) is 11.7 Å². The zero-order valence-electron chi connectivity index (χ0n) is 14.3. The monoisotopic (exact) mass is 365 g/mol. The minimum Gasteiger partial charge on any atom is -0.327 e. The number of fused-ring (bicyclic) bond motifs is 1. The van der Waals surface area contributed by atoms with Crippen molar-refractivity contribution in [3.63, 3.8) is 0 Å². The van der Waals surface area contributed by atoms with Crippen molar-refractivity contribution in [3.8, 4) is 0 Å². The minimum absolute atomic E-state index is 0.355. The second-order valence-electron chi connectivity index (χ2n) is 6.25. The van der Waals surface area contributed by atoms with Crippen LogP contribution in [0.25, 0.3) is 10.9 Å². The highest BCUT2D eigenvalue weighted by atomic mass is 19.1. The Bertz CT molecular complexity index is 1070. The van der Waals surface area contributed by atoms with E-state index >= 15 is 0 Å². The van der Waals surface area contributed by atoms with Crippen LogP contribution in [0.4, 0.5) is 14.9 Å². The Balaban J connectivity index is 1.66. The number of aromatic nitrogens is 2. The quantitative estimate of drug-likeness (QED) is 0.574. The lowest BCUT2D eigenvalue weighted by Crippen LogP contribution is -2.45. The van der Waals surface area contributed by atoms with E-state index in [1.165, 1.54) is 12.1 Å². The average Bonchev–Trinajstić information content (AvgIpc) is 3.09. The van der Waals surface area contributed by atoms with Gasteiger partial charge in [-0.15, -0.1) is 0 Å². The van der Waals surface area contributed by atoms with Crippen LogP contribution in [0.1, 0.15) is 18.5 Å². The number of H-pyrrole nitrogens is 1. The molecular weight excluding hydrogens is 349 g/mol. The van der Waals surface area contributed by atoms with E-state index in [0.717, 1.165) is 10.9 Å². The first-order valence-electron chi connectivity index (χ1n) is 8.29. The zero-order chi connectivity index (χ0) is 19.0. The van der Waals surface area contributed by atoms with Gasteiger partial charge in [-0.3, -0.25) is 9.89 Å². The van der Waals surface area contributed by atoms with Crippen molar-refractivity contribution in [2.75, 3.05) is 5.32 Å². The highest BCUT2D eigenvalue weighted by Gasteiger charge is 2.31. The van der Waals surface area contributed by atoms with Crippen LogP contribution in [0.15, 0.2) is 59.9 Å². The fraction of sp³-hybridized carbons (Fsp3) is 0.105. The number of carbonyl (C=O) groups is 2. The fourth-order valence-corrected chi connectivity index (χ4v) is 3.12. The molecule has 0 bridgehead atoms. The number of rotatable bonds is 3. The number of allylic oxidation sites excluding steroid dienone is 1. The van der Waals surface area contributed by atoms with Gasteiger partial charge >= 0.3 is 6.03 Å². The summed E-state index contributed by atoms with van der Waals surface area (Å²) < 4.78 is 13.3. The second kappa shape index (κ2) is 6.56. The van der Waals surface area contributed by atoms with E-state index in [1.54, 1.807) is 37.4 Å². The third kappa shape index (κ3) is 3.24. The first-order valence-corrected chi connectivity index (χ1v) is 8.29. The van der Waals surface area contributed by atoms with Gasteiger partial charge in [0.1, 0.15) is 5.82 Å². The number of amides is 3. The average molecular weight is 365 g/mol. The molecule has 136 valence electrons. The summed E-state index contributed by atoms with van der Waals surface area (Å²) in [6, 6.07) is 9.95. The number of benzene rings is 2. The van der Waals surface area contributed by atoms with Crippen molar-refractivity contribution < 1.29 is 14.0 Å². The smallest absolute Gasteiger partial charge is 0.319 e. The summed E-state index contributed by atoms with van der Waals surface area (Å²) in [6.45, 7) is 1.66. The summed E-state index contributed by atoms with van der Waals surface area (Å²) in [4.78, 5) is 24.8. The number of urea groups is 1. The lowest BCUT2D eigenvalue weighted by atomic mass is 9.95. The molecule has 3 amide bonds. The van der Waals surface area contributed by atoms with Gasteiger partial charge in [-0.2, -0.15) is 5.10 Å². The fourth-order valence-electron chi connectivity index (χ4n) is 3.12. The second-order valence-corrected chi connectivity index (χ2v) is 6.25. The third-order valence-corrected chi connectivity index (χ3v) is 4.42. The summed E-state index contributed by atoms with van der Waals surface area (Å²) in [7, 11) is 0. The molecule has 3 aromatic rings. The van der Waals surface area contributed by atoms with E-state index < -0.39 is 12.1 Å². The maximum absolute atomic E-state index is 13.3. The molecular formula is C19H16FN5O2.